The summed E-state index contributed by atoms with van der Waals surface area (Å²) in [6, 6.07) is 0. The van der Waals surface area contributed by atoms with Crippen molar-refractivity contribution in [2.45, 2.75) is 59.2 Å². The highest BCUT2D eigenvalue weighted by atomic mass is 16.6. The molecule has 0 aliphatic carbocycles. The predicted molar refractivity (Wildman–Crippen MR) is 73.0 cm³/mol. The van der Waals surface area contributed by atoms with Gasteiger partial charge in [0.15, 0.2) is 0 Å². The number of amides is 3. The van der Waals surface area contributed by atoms with Crippen LogP contribution in [0.1, 0.15) is 48.0 Å². The molecule has 3 amide bonds. The number of carbonyl (C=O) groups excluding carboxylic acids is 3. The first-order chi connectivity index (χ1) is 8.87. The zero-order valence-electron chi connectivity index (χ0n) is 13.0. The fourth-order valence-corrected chi connectivity index (χ4v) is 1.13. The van der Waals surface area contributed by atoms with Crippen LogP contribution < -0.4 is 5.73 Å². The van der Waals surface area contributed by atoms with Gasteiger partial charge in [-0.1, -0.05) is 0 Å². The maximum atomic E-state index is 11.9. The Labute approximate surface area is 119 Å². The van der Waals surface area contributed by atoms with Crippen LogP contribution in [0.3, 0.4) is 0 Å². The number of imide groups is 3. The van der Waals surface area contributed by atoms with Crippen molar-refractivity contribution in [1.82, 2.24) is 4.90 Å². The third kappa shape index (κ3) is 7.08. The van der Waals surface area contributed by atoms with E-state index in [1.807, 2.05) is 0 Å². The molecule has 0 rings (SSSR count). The molecule has 7 nitrogen and oxygen atoms in total. The molecule has 0 saturated heterocycles. The highest BCUT2D eigenvalue weighted by Gasteiger charge is 2.35. The Hall–Kier alpha value is -1.63. The summed E-state index contributed by atoms with van der Waals surface area (Å²) in [5, 5.41) is 0. The van der Waals surface area contributed by atoms with Gasteiger partial charge in [-0.15, -0.1) is 4.90 Å². The smallest absolute Gasteiger partial charge is 0.426 e. The number of nitrogens with zero attached hydrogens (tertiary/aromatic N) is 1. The van der Waals surface area contributed by atoms with Crippen molar-refractivity contribution in [3.05, 3.63) is 0 Å². The van der Waals surface area contributed by atoms with E-state index in [2.05, 4.69) is 0 Å². The Morgan fingerprint density at radius 3 is 1.50 bits per heavy atom. The van der Waals surface area contributed by atoms with Gasteiger partial charge in [0.25, 0.3) is 0 Å². The van der Waals surface area contributed by atoms with Crippen LogP contribution in [0.2, 0.25) is 0 Å². The highest BCUT2D eigenvalue weighted by molar-refractivity contribution is 6.06. The average Bonchev–Trinajstić information content (AvgIpc) is 2.11. The molecule has 116 valence electrons. The van der Waals surface area contributed by atoms with E-state index in [4.69, 9.17) is 15.2 Å². The minimum Gasteiger partial charge on any atom is -0.443 e. The summed E-state index contributed by atoms with van der Waals surface area (Å²) < 4.78 is 10.1. The maximum absolute atomic E-state index is 11.9. The van der Waals surface area contributed by atoms with E-state index < -0.39 is 29.3 Å². The Kier molecular flexibility index (Phi) is 6.15. The van der Waals surface area contributed by atoms with Gasteiger partial charge in [0.1, 0.15) is 11.2 Å². The third-order valence-corrected chi connectivity index (χ3v) is 1.76. The van der Waals surface area contributed by atoms with Gasteiger partial charge in [-0.05, 0) is 41.5 Å². The quantitative estimate of drug-likeness (QED) is 0.834. The molecule has 0 bridgehead atoms. The van der Waals surface area contributed by atoms with Gasteiger partial charge in [0.2, 0.25) is 5.91 Å². The van der Waals surface area contributed by atoms with Gasteiger partial charge in [-0.2, -0.15) is 0 Å². The second-order valence-electron chi connectivity index (χ2n) is 6.23. The molecule has 0 spiro atoms. The van der Waals surface area contributed by atoms with Crippen LogP contribution in [-0.4, -0.2) is 40.7 Å². The second kappa shape index (κ2) is 6.69. The zero-order chi connectivity index (χ0) is 16.1. The van der Waals surface area contributed by atoms with E-state index in [0.29, 0.717) is 4.90 Å². The van der Waals surface area contributed by atoms with Crippen LogP contribution in [0.4, 0.5) is 9.59 Å². The van der Waals surface area contributed by atoms with Crippen LogP contribution in [0.15, 0.2) is 0 Å². The monoisotopic (exact) mass is 288 g/mol. The first kappa shape index (κ1) is 18.4. The molecule has 0 atom stereocenters. The normalized spacial score (nSPS) is 11.8. The summed E-state index contributed by atoms with van der Waals surface area (Å²) >= 11 is 0. The highest BCUT2D eigenvalue weighted by Crippen LogP contribution is 2.15. The molecule has 0 radical (unpaired) electrons. The lowest BCUT2D eigenvalue weighted by Crippen LogP contribution is -2.47. The van der Waals surface area contributed by atoms with Gasteiger partial charge < -0.3 is 15.2 Å². The van der Waals surface area contributed by atoms with E-state index in [-0.39, 0.29) is 13.0 Å². The van der Waals surface area contributed by atoms with Crippen LogP contribution >= 0.6 is 0 Å². The van der Waals surface area contributed by atoms with Crippen LogP contribution in [0.5, 0.6) is 0 Å². The van der Waals surface area contributed by atoms with Crippen LogP contribution in [0.25, 0.3) is 0 Å². The molecule has 0 aliphatic rings. The standard InChI is InChI=1S/C13H24N2O5/c1-12(2,3)19-10(17)15(9(16)7-8-14)11(18)20-13(4,5)6/h7-8,14H2,1-6H3. The molecule has 0 aromatic heterocycles. The summed E-state index contributed by atoms with van der Waals surface area (Å²) in [5.74, 6) is -0.754. The van der Waals surface area contributed by atoms with Crippen molar-refractivity contribution in [3.8, 4) is 0 Å². The number of carbonyl (C=O) groups is 3. The summed E-state index contributed by atoms with van der Waals surface area (Å²) in [6.07, 6.45) is -2.28. The molecule has 0 aliphatic heterocycles. The Bertz CT molecular complexity index is 351. The van der Waals surface area contributed by atoms with Gasteiger partial charge in [0.05, 0.1) is 0 Å². The largest absolute Gasteiger partial charge is 0.443 e. The lowest BCUT2D eigenvalue weighted by molar-refractivity contribution is -0.129. The van der Waals surface area contributed by atoms with Crippen molar-refractivity contribution in [1.29, 1.82) is 0 Å². The predicted octanol–water partition coefficient (Wildman–Crippen LogP) is 2.03. The summed E-state index contributed by atoms with van der Waals surface area (Å²) in [5.41, 5.74) is 3.60. The fourth-order valence-electron chi connectivity index (χ4n) is 1.13. The Morgan fingerprint density at radius 1 is 0.900 bits per heavy atom. The lowest BCUT2D eigenvalue weighted by atomic mass is 10.2. The van der Waals surface area contributed by atoms with Crippen LogP contribution in [-0.2, 0) is 14.3 Å². The van der Waals surface area contributed by atoms with E-state index in [1.54, 1.807) is 41.5 Å². The third-order valence-electron chi connectivity index (χ3n) is 1.76. The second-order valence-corrected chi connectivity index (χ2v) is 6.23. The molecular weight excluding hydrogens is 264 g/mol. The molecule has 0 unspecified atom stereocenters. The SMILES string of the molecule is CC(C)(C)OC(=O)N(C(=O)CCN)C(=O)OC(C)(C)C. The molecule has 2 N–H and O–H groups in total. The summed E-state index contributed by atoms with van der Waals surface area (Å²) in [7, 11) is 0. The van der Waals surface area contributed by atoms with E-state index in [9.17, 15) is 14.4 Å². The topological polar surface area (TPSA) is 98.9 Å². The minimum atomic E-state index is -1.06. The zero-order valence-corrected chi connectivity index (χ0v) is 13.0. The van der Waals surface area contributed by atoms with Crippen molar-refractivity contribution < 1.29 is 23.9 Å². The first-order valence-corrected chi connectivity index (χ1v) is 6.36. The lowest BCUT2D eigenvalue weighted by Gasteiger charge is -2.27. The number of hydrogen-bond acceptors (Lipinski definition) is 6. The molecule has 0 saturated carbocycles. The van der Waals surface area contributed by atoms with Crippen molar-refractivity contribution in [3.63, 3.8) is 0 Å². The van der Waals surface area contributed by atoms with Crippen molar-refractivity contribution in [2.24, 2.45) is 5.73 Å². The van der Waals surface area contributed by atoms with E-state index >= 15 is 0 Å². The summed E-state index contributed by atoms with van der Waals surface area (Å²) in [4.78, 5) is 36.1. The van der Waals surface area contributed by atoms with Gasteiger partial charge in [0, 0.05) is 13.0 Å². The minimum absolute atomic E-state index is 0.0148. The number of ether oxygens (including phenoxy) is 2. The Balaban J connectivity index is 5.13. The van der Waals surface area contributed by atoms with Crippen molar-refractivity contribution in [2.75, 3.05) is 6.54 Å². The average molecular weight is 288 g/mol. The molecule has 7 heteroatoms. The Morgan fingerprint density at radius 2 is 1.25 bits per heavy atom. The van der Waals surface area contributed by atoms with Gasteiger partial charge in [-0.25, -0.2) is 9.59 Å². The first-order valence-electron chi connectivity index (χ1n) is 6.36. The van der Waals surface area contributed by atoms with E-state index in [1.165, 1.54) is 0 Å². The number of nitrogens with two attached hydrogens (primary N) is 1. The summed E-state index contributed by atoms with van der Waals surface area (Å²) in [6.45, 7) is 9.80. The number of rotatable bonds is 2. The maximum Gasteiger partial charge on any atom is 0.426 e. The van der Waals surface area contributed by atoms with Crippen LogP contribution in [0, 0.1) is 0 Å². The molecule has 0 aromatic carbocycles. The molecular formula is C13H24N2O5. The molecule has 0 fully saturated rings. The van der Waals surface area contributed by atoms with Gasteiger partial charge in [-0.3, -0.25) is 4.79 Å². The van der Waals surface area contributed by atoms with Crippen molar-refractivity contribution >= 4 is 18.1 Å². The molecule has 20 heavy (non-hydrogen) atoms. The fraction of sp³-hybridized carbons (Fsp3) is 0.769. The molecule has 0 heterocycles. The van der Waals surface area contributed by atoms with Gasteiger partial charge >= 0.3 is 12.2 Å². The number of hydrogen-bond donors (Lipinski definition) is 1. The molecule has 0 aromatic rings. The van der Waals surface area contributed by atoms with E-state index in [0.717, 1.165) is 0 Å².